The number of ketones is 3. The number of hydrogen-bond donors (Lipinski definition) is 1. The Morgan fingerprint density at radius 3 is 1.24 bits per heavy atom. The number of aliphatic hydroxyl groups excluding tert-OH is 1. The zero-order valence-electron chi connectivity index (χ0n) is 39.5. The van der Waals surface area contributed by atoms with Gasteiger partial charge in [0.15, 0.2) is 29.4 Å². The maximum atomic E-state index is 12.9. The lowest BCUT2D eigenvalue weighted by Gasteiger charge is -2.25. The molecule has 0 aromatic heterocycles. The number of ether oxygens (including phenoxy) is 3. The molecule has 0 spiro atoms. The Kier molecular flexibility index (Phi) is 20.4. The summed E-state index contributed by atoms with van der Waals surface area (Å²) in [7, 11) is 4.04. The third-order valence-electron chi connectivity index (χ3n) is 11.6. The number of hydrogen-bond acceptors (Lipinski definition) is 12. The standard InChI is InChI=1S/2C27H30N2O5/c1-4-24(30)25(27(32)33-3)28(2)26(31)23-13-11-22(12-14-23)21-9-7-20(8-10-21)6-5-15-29-16-18-34-19-17-29;1-3-24(31)26(25(32)19-30)28(2)27(33)23-12-10-22(11-13-23)21-8-6-20(7-9-21)5-4-14-29-15-17-34-18-16-29/h7-14,25H,4,15-19H2,1-3H3;6-13,26,30H,3,14-19H2,1-2H3. The van der Waals surface area contributed by atoms with Crippen molar-refractivity contribution in [3.05, 3.63) is 119 Å². The van der Waals surface area contributed by atoms with Gasteiger partial charge in [0.05, 0.1) is 46.6 Å². The molecule has 2 amide bonds. The molecule has 356 valence electrons. The van der Waals surface area contributed by atoms with Crippen LogP contribution in [0.25, 0.3) is 22.3 Å². The number of carbonyl (C=O) groups excluding carboxylic acids is 6. The molecule has 2 fully saturated rings. The Balaban J connectivity index is 0.000000254. The number of aliphatic hydroxyl groups is 1. The number of Topliss-reactive ketones (excluding diaryl/α,β-unsaturated/α-hetero) is 3. The molecule has 2 atom stereocenters. The SMILES string of the molecule is CCC(=O)C(C(=O)CO)N(C)C(=O)c1ccc(-c2ccc(C#CCN3CCOCC3)cc2)cc1.CCC(=O)C(C(=O)OC)N(C)C(=O)c1ccc(-c2ccc(C#CCN3CCOCC3)cc2)cc1. The number of methoxy groups -OCH3 is 1. The van der Waals surface area contributed by atoms with Crippen LogP contribution in [-0.4, -0.2) is 165 Å². The van der Waals surface area contributed by atoms with Gasteiger partial charge in [-0.25, -0.2) is 4.79 Å². The van der Waals surface area contributed by atoms with E-state index in [2.05, 4.69) is 33.5 Å². The maximum absolute atomic E-state index is 12.9. The van der Waals surface area contributed by atoms with Gasteiger partial charge in [-0.05, 0) is 70.8 Å². The number of likely N-dealkylation sites (N-methyl/N-ethyl adjacent to an activating group) is 2. The molecule has 4 aromatic rings. The fourth-order valence-electron chi connectivity index (χ4n) is 7.47. The van der Waals surface area contributed by atoms with Gasteiger partial charge >= 0.3 is 5.97 Å². The van der Waals surface area contributed by atoms with Gasteiger partial charge in [0.25, 0.3) is 11.8 Å². The highest BCUT2D eigenvalue weighted by Gasteiger charge is 2.34. The van der Waals surface area contributed by atoms with Gasteiger partial charge in [-0.3, -0.25) is 33.8 Å². The number of nitrogens with zero attached hydrogens (tertiary/aromatic N) is 4. The number of morpholine rings is 2. The molecule has 2 aliphatic heterocycles. The molecule has 2 unspecified atom stereocenters. The third kappa shape index (κ3) is 14.6. The Morgan fingerprint density at radius 2 is 0.897 bits per heavy atom. The molecule has 6 rings (SSSR count). The minimum atomic E-state index is -1.28. The number of benzene rings is 4. The molecule has 0 bridgehead atoms. The predicted molar refractivity (Wildman–Crippen MR) is 258 cm³/mol. The van der Waals surface area contributed by atoms with Crippen LogP contribution in [-0.2, 0) is 33.4 Å². The smallest absolute Gasteiger partial charge is 0.336 e. The van der Waals surface area contributed by atoms with E-state index in [1.165, 1.54) is 21.2 Å². The summed E-state index contributed by atoms with van der Waals surface area (Å²) in [5.41, 5.74) is 6.48. The monoisotopic (exact) mass is 924 g/mol. The van der Waals surface area contributed by atoms with Crippen molar-refractivity contribution < 1.29 is 48.1 Å². The molecule has 1 N–H and O–H groups in total. The van der Waals surface area contributed by atoms with E-state index >= 15 is 0 Å². The molecule has 14 heteroatoms. The average molecular weight is 925 g/mol. The predicted octanol–water partition coefficient (Wildman–Crippen LogP) is 4.65. The van der Waals surface area contributed by atoms with Crippen molar-refractivity contribution >= 4 is 35.1 Å². The topological polar surface area (TPSA) is 163 Å². The van der Waals surface area contributed by atoms with E-state index in [4.69, 9.17) is 14.2 Å². The first-order valence-corrected chi connectivity index (χ1v) is 22.7. The molecule has 4 aromatic carbocycles. The quantitative estimate of drug-likeness (QED) is 0.100. The highest BCUT2D eigenvalue weighted by atomic mass is 16.5. The normalized spacial score (nSPS) is 14.5. The minimum Gasteiger partial charge on any atom is -0.467 e. The van der Waals surface area contributed by atoms with Crippen LogP contribution in [0, 0.1) is 23.7 Å². The van der Waals surface area contributed by atoms with E-state index < -0.39 is 48.0 Å². The summed E-state index contributed by atoms with van der Waals surface area (Å²) >= 11 is 0. The van der Waals surface area contributed by atoms with Gasteiger partial charge in [-0.2, -0.15) is 0 Å². The van der Waals surface area contributed by atoms with Crippen LogP contribution in [0.15, 0.2) is 97.1 Å². The van der Waals surface area contributed by atoms with Crippen molar-refractivity contribution in [3.63, 3.8) is 0 Å². The zero-order chi connectivity index (χ0) is 49.0. The molecule has 2 heterocycles. The van der Waals surface area contributed by atoms with Crippen LogP contribution in [0.5, 0.6) is 0 Å². The zero-order valence-corrected chi connectivity index (χ0v) is 39.5. The molecule has 0 radical (unpaired) electrons. The highest BCUT2D eigenvalue weighted by Crippen LogP contribution is 2.23. The summed E-state index contributed by atoms with van der Waals surface area (Å²) in [4.78, 5) is 80.9. The van der Waals surface area contributed by atoms with Gasteiger partial charge in [-0.1, -0.05) is 86.1 Å². The van der Waals surface area contributed by atoms with Crippen LogP contribution in [0.3, 0.4) is 0 Å². The first-order chi connectivity index (χ1) is 32.9. The summed E-state index contributed by atoms with van der Waals surface area (Å²) in [6, 6.07) is 27.4. The molecule has 0 aliphatic carbocycles. The summed E-state index contributed by atoms with van der Waals surface area (Å²) in [5.74, 6) is 9.74. The summed E-state index contributed by atoms with van der Waals surface area (Å²) in [6.45, 7) is 10.6. The van der Waals surface area contributed by atoms with Crippen LogP contribution in [0.2, 0.25) is 0 Å². The van der Waals surface area contributed by atoms with E-state index in [1.807, 2.05) is 72.8 Å². The van der Waals surface area contributed by atoms with E-state index in [1.54, 1.807) is 38.1 Å². The second-order valence-electron chi connectivity index (χ2n) is 16.1. The van der Waals surface area contributed by atoms with E-state index in [0.717, 1.165) is 109 Å². The average Bonchev–Trinajstić information content (AvgIpc) is 3.39. The van der Waals surface area contributed by atoms with Crippen molar-refractivity contribution in [2.75, 3.05) is 93.5 Å². The van der Waals surface area contributed by atoms with Crippen LogP contribution >= 0.6 is 0 Å². The summed E-state index contributed by atoms with van der Waals surface area (Å²) in [5, 5.41) is 9.19. The number of carbonyl (C=O) groups is 6. The molecule has 2 aliphatic rings. The molecule has 2 saturated heterocycles. The largest absolute Gasteiger partial charge is 0.467 e. The van der Waals surface area contributed by atoms with E-state index in [0.29, 0.717) is 11.1 Å². The van der Waals surface area contributed by atoms with E-state index in [-0.39, 0.29) is 18.6 Å². The first kappa shape index (κ1) is 52.2. The fourth-order valence-corrected chi connectivity index (χ4v) is 7.47. The molecule has 0 saturated carbocycles. The van der Waals surface area contributed by atoms with E-state index in [9.17, 15) is 33.9 Å². The Bertz CT molecular complexity index is 2260. The number of rotatable bonds is 15. The van der Waals surface area contributed by atoms with Crippen molar-refractivity contribution in [2.45, 2.75) is 38.8 Å². The Labute approximate surface area is 399 Å². The number of esters is 1. The molecule has 68 heavy (non-hydrogen) atoms. The first-order valence-electron chi connectivity index (χ1n) is 22.7. The van der Waals surface area contributed by atoms with Gasteiger partial charge in [-0.15, -0.1) is 0 Å². The second-order valence-corrected chi connectivity index (χ2v) is 16.1. The molecule has 14 nitrogen and oxygen atoms in total. The molecular weight excluding hydrogens is 865 g/mol. The van der Waals surface area contributed by atoms with Gasteiger partial charge in [0, 0.05) is 75.4 Å². The van der Waals surface area contributed by atoms with Crippen molar-refractivity contribution in [3.8, 4) is 45.9 Å². The van der Waals surface area contributed by atoms with Gasteiger partial charge < -0.3 is 29.1 Å². The fraction of sp³-hybridized carbons (Fsp3) is 0.370. The van der Waals surface area contributed by atoms with Crippen molar-refractivity contribution in [1.29, 1.82) is 0 Å². The van der Waals surface area contributed by atoms with Crippen LogP contribution < -0.4 is 0 Å². The van der Waals surface area contributed by atoms with Crippen molar-refractivity contribution in [1.82, 2.24) is 19.6 Å². The minimum absolute atomic E-state index is 0.0978. The summed E-state index contributed by atoms with van der Waals surface area (Å²) < 4.78 is 15.4. The lowest BCUT2D eigenvalue weighted by atomic mass is 10.0. The maximum Gasteiger partial charge on any atom is 0.336 e. The van der Waals surface area contributed by atoms with Crippen LogP contribution in [0.1, 0.15) is 58.5 Å². The number of amides is 2. The highest BCUT2D eigenvalue weighted by molar-refractivity contribution is 6.11. The Morgan fingerprint density at radius 1 is 0.559 bits per heavy atom. The van der Waals surface area contributed by atoms with Gasteiger partial charge in [0.1, 0.15) is 6.61 Å². The lowest BCUT2D eigenvalue weighted by molar-refractivity contribution is -0.149. The third-order valence-corrected chi connectivity index (χ3v) is 11.6. The van der Waals surface area contributed by atoms with Crippen molar-refractivity contribution in [2.24, 2.45) is 0 Å². The lowest BCUT2D eigenvalue weighted by Crippen LogP contribution is -2.48. The van der Waals surface area contributed by atoms with Gasteiger partial charge in [0.2, 0.25) is 0 Å². The Hall–Kier alpha value is -6.78. The second kappa shape index (κ2) is 26.5. The summed E-state index contributed by atoms with van der Waals surface area (Å²) in [6.07, 6.45) is 0.227. The molecular formula is C54H60N4O10. The van der Waals surface area contributed by atoms with Crippen LogP contribution in [0.4, 0.5) is 0 Å².